The van der Waals surface area contributed by atoms with Gasteiger partial charge in [0.05, 0.1) is 16.6 Å². The van der Waals surface area contributed by atoms with E-state index in [0.29, 0.717) is 16.9 Å². The minimum Gasteiger partial charge on any atom is -0.325 e. The predicted octanol–water partition coefficient (Wildman–Crippen LogP) is 4.44. The van der Waals surface area contributed by atoms with E-state index in [0.717, 1.165) is 16.9 Å². The van der Waals surface area contributed by atoms with E-state index >= 15 is 0 Å². The van der Waals surface area contributed by atoms with Crippen LogP contribution in [0.5, 0.6) is 0 Å². The van der Waals surface area contributed by atoms with Crippen molar-refractivity contribution in [2.75, 3.05) is 5.32 Å². The lowest BCUT2D eigenvalue weighted by Crippen LogP contribution is -2.22. The molecule has 0 amide bonds. The maximum atomic E-state index is 13.1. The highest BCUT2D eigenvalue weighted by Gasteiger charge is 2.12. The summed E-state index contributed by atoms with van der Waals surface area (Å²) in [7, 11) is 0. The molecule has 1 N–H and O–H groups in total. The third-order valence-electron chi connectivity index (χ3n) is 4.06. The summed E-state index contributed by atoms with van der Waals surface area (Å²) in [5, 5.41) is 3.89. The van der Waals surface area contributed by atoms with Crippen LogP contribution in [-0.4, -0.2) is 9.55 Å². The topological polar surface area (TPSA) is 46.9 Å². The molecular formula is C21H17N3O. The van der Waals surface area contributed by atoms with Gasteiger partial charge < -0.3 is 5.32 Å². The lowest BCUT2D eigenvalue weighted by Gasteiger charge is -2.15. The number of para-hydroxylation sites is 2. The zero-order chi connectivity index (χ0) is 17.2. The van der Waals surface area contributed by atoms with E-state index in [2.05, 4.69) is 10.3 Å². The smallest absolute Gasteiger partial charge is 0.267 e. The monoisotopic (exact) mass is 327 g/mol. The molecule has 0 radical (unpaired) electrons. The highest BCUT2D eigenvalue weighted by Crippen LogP contribution is 2.20. The number of rotatable bonds is 3. The molecule has 4 aromatic rings. The molecule has 4 heteroatoms. The Labute approximate surface area is 145 Å². The minimum atomic E-state index is -0.0908. The average molecular weight is 327 g/mol. The lowest BCUT2D eigenvalue weighted by atomic mass is 10.2. The third kappa shape index (κ3) is 2.90. The van der Waals surface area contributed by atoms with Crippen molar-refractivity contribution in [3.8, 4) is 5.69 Å². The molecule has 0 saturated carbocycles. The summed E-state index contributed by atoms with van der Waals surface area (Å²) >= 11 is 0. The fraction of sp³-hybridized carbons (Fsp3) is 0.0476. The Morgan fingerprint density at radius 2 is 1.64 bits per heavy atom. The number of hydrogen-bond donors (Lipinski definition) is 1. The maximum Gasteiger partial charge on any atom is 0.267 e. The lowest BCUT2D eigenvalue weighted by molar-refractivity contribution is 0.974. The molecule has 0 saturated heterocycles. The van der Waals surface area contributed by atoms with Crippen LogP contribution in [0.1, 0.15) is 5.56 Å². The van der Waals surface area contributed by atoms with Gasteiger partial charge in [-0.2, -0.15) is 0 Å². The molecule has 0 unspecified atom stereocenters. The van der Waals surface area contributed by atoms with Gasteiger partial charge in [0.25, 0.3) is 5.56 Å². The van der Waals surface area contributed by atoms with E-state index in [1.807, 2.05) is 79.7 Å². The van der Waals surface area contributed by atoms with Gasteiger partial charge in [0.1, 0.15) is 0 Å². The molecule has 0 atom stereocenters. The van der Waals surface area contributed by atoms with Crippen molar-refractivity contribution in [2.45, 2.75) is 6.92 Å². The third-order valence-corrected chi connectivity index (χ3v) is 4.06. The van der Waals surface area contributed by atoms with E-state index in [9.17, 15) is 4.79 Å². The molecule has 0 aliphatic carbocycles. The first-order valence-electron chi connectivity index (χ1n) is 8.13. The summed E-state index contributed by atoms with van der Waals surface area (Å²) in [4.78, 5) is 17.8. The Balaban J connectivity index is 1.97. The van der Waals surface area contributed by atoms with Gasteiger partial charge in [0.15, 0.2) is 0 Å². The quantitative estimate of drug-likeness (QED) is 0.605. The Morgan fingerprint density at radius 1 is 0.880 bits per heavy atom. The average Bonchev–Trinajstić information content (AvgIpc) is 2.63. The fourth-order valence-corrected chi connectivity index (χ4v) is 2.89. The first-order chi connectivity index (χ1) is 12.2. The molecule has 25 heavy (non-hydrogen) atoms. The minimum absolute atomic E-state index is 0.0908. The maximum absolute atomic E-state index is 13.1. The SMILES string of the molecule is Cc1cccc(Nc2nc3ccccc3c(=O)n2-c2ccccc2)c1. The van der Waals surface area contributed by atoms with Crippen molar-refractivity contribution >= 4 is 22.5 Å². The number of anilines is 2. The second kappa shape index (κ2) is 6.24. The van der Waals surface area contributed by atoms with E-state index in [1.54, 1.807) is 10.6 Å². The van der Waals surface area contributed by atoms with Gasteiger partial charge in [-0.15, -0.1) is 0 Å². The molecule has 0 aliphatic heterocycles. The van der Waals surface area contributed by atoms with Crippen molar-refractivity contribution in [1.29, 1.82) is 0 Å². The Bertz CT molecular complexity index is 1100. The predicted molar refractivity (Wildman–Crippen MR) is 102 cm³/mol. The van der Waals surface area contributed by atoms with Crippen LogP contribution >= 0.6 is 0 Å². The standard InChI is InChI=1S/C21H17N3O/c1-15-8-7-9-16(14-15)22-21-23-19-13-6-5-12-18(19)20(25)24(21)17-10-3-2-4-11-17/h2-14H,1H3,(H,22,23). The van der Waals surface area contributed by atoms with Gasteiger partial charge in [-0.3, -0.25) is 4.79 Å². The number of nitrogens with zero attached hydrogens (tertiary/aromatic N) is 2. The normalized spacial score (nSPS) is 10.8. The van der Waals surface area contributed by atoms with Crippen molar-refractivity contribution in [1.82, 2.24) is 9.55 Å². The molecule has 0 spiro atoms. The van der Waals surface area contributed by atoms with Gasteiger partial charge in [-0.1, -0.05) is 42.5 Å². The van der Waals surface area contributed by atoms with Crippen molar-refractivity contribution in [3.05, 3.63) is 94.8 Å². The summed E-state index contributed by atoms with van der Waals surface area (Å²) in [5.74, 6) is 0.500. The van der Waals surface area contributed by atoms with E-state index in [-0.39, 0.29) is 5.56 Å². The molecule has 1 aromatic heterocycles. The fourth-order valence-electron chi connectivity index (χ4n) is 2.89. The number of benzene rings is 3. The van der Waals surface area contributed by atoms with Gasteiger partial charge >= 0.3 is 0 Å². The molecule has 1 heterocycles. The van der Waals surface area contributed by atoms with Crippen LogP contribution in [0.3, 0.4) is 0 Å². The molecule has 0 aliphatic rings. The van der Waals surface area contributed by atoms with Gasteiger partial charge in [-0.05, 0) is 48.9 Å². The Morgan fingerprint density at radius 3 is 2.44 bits per heavy atom. The van der Waals surface area contributed by atoms with E-state index in [4.69, 9.17) is 0 Å². The first-order valence-corrected chi connectivity index (χ1v) is 8.13. The molecule has 122 valence electrons. The summed E-state index contributed by atoms with van der Waals surface area (Å²) in [6, 6.07) is 24.9. The van der Waals surface area contributed by atoms with Crippen LogP contribution in [-0.2, 0) is 0 Å². The largest absolute Gasteiger partial charge is 0.325 e. The second-order valence-electron chi connectivity index (χ2n) is 5.92. The molecule has 4 nitrogen and oxygen atoms in total. The van der Waals surface area contributed by atoms with Crippen LogP contribution in [0.25, 0.3) is 16.6 Å². The zero-order valence-electron chi connectivity index (χ0n) is 13.8. The van der Waals surface area contributed by atoms with Crippen LogP contribution < -0.4 is 10.9 Å². The van der Waals surface area contributed by atoms with Gasteiger partial charge in [0, 0.05) is 5.69 Å². The summed E-state index contributed by atoms with van der Waals surface area (Å²) < 4.78 is 1.62. The van der Waals surface area contributed by atoms with Crippen LogP contribution in [0.4, 0.5) is 11.6 Å². The second-order valence-corrected chi connectivity index (χ2v) is 5.92. The number of nitrogens with one attached hydrogen (secondary N) is 1. The van der Waals surface area contributed by atoms with Crippen LogP contribution in [0.15, 0.2) is 83.7 Å². The molecule has 4 rings (SSSR count). The number of hydrogen-bond acceptors (Lipinski definition) is 3. The number of fused-ring (bicyclic) bond motifs is 1. The van der Waals surface area contributed by atoms with Crippen molar-refractivity contribution < 1.29 is 0 Å². The Hall–Kier alpha value is -3.40. The van der Waals surface area contributed by atoms with Gasteiger partial charge in [0.2, 0.25) is 5.95 Å². The van der Waals surface area contributed by atoms with E-state index in [1.165, 1.54) is 0 Å². The van der Waals surface area contributed by atoms with Crippen molar-refractivity contribution in [3.63, 3.8) is 0 Å². The van der Waals surface area contributed by atoms with Crippen molar-refractivity contribution in [2.24, 2.45) is 0 Å². The molecular weight excluding hydrogens is 310 g/mol. The first kappa shape index (κ1) is 15.1. The highest BCUT2D eigenvalue weighted by molar-refractivity contribution is 5.79. The highest BCUT2D eigenvalue weighted by atomic mass is 16.1. The Kier molecular flexibility index (Phi) is 3.78. The number of aryl methyl sites for hydroxylation is 1. The molecule has 3 aromatic carbocycles. The van der Waals surface area contributed by atoms with Crippen LogP contribution in [0, 0.1) is 6.92 Å². The molecule has 0 fully saturated rings. The van der Waals surface area contributed by atoms with Crippen LogP contribution in [0.2, 0.25) is 0 Å². The summed E-state index contributed by atoms with van der Waals surface area (Å²) in [6.07, 6.45) is 0. The summed E-state index contributed by atoms with van der Waals surface area (Å²) in [5.41, 5.74) is 3.40. The van der Waals surface area contributed by atoms with Gasteiger partial charge in [-0.25, -0.2) is 9.55 Å². The summed E-state index contributed by atoms with van der Waals surface area (Å²) in [6.45, 7) is 2.03. The molecule has 0 bridgehead atoms. The van der Waals surface area contributed by atoms with E-state index < -0.39 is 0 Å². The zero-order valence-corrected chi connectivity index (χ0v) is 13.8. The number of aromatic nitrogens is 2.